The van der Waals surface area contributed by atoms with Gasteiger partial charge in [-0.1, -0.05) is 33.1 Å². The monoisotopic (exact) mass is 268 g/mol. The molecule has 0 saturated heterocycles. The van der Waals surface area contributed by atoms with E-state index in [0.29, 0.717) is 12.5 Å². The maximum atomic E-state index is 12.2. The molecule has 112 valence electrons. The Morgan fingerprint density at radius 2 is 1.89 bits per heavy atom. The molecule has 3 nitrogen and oxygen atoms in total. The van der Waals surface area contributed by atoms with Crippen LogP contribution in [0.2, 0.25) is 0 Å². The van der Waals surface area contributed by atoms with Gasteiger partial charge in [0.2, 0.25) is 5.91 Å². The van der Waals surface area contributed by atoms with Crippen LogP contribution in [0.3, 0.4) is 0 Å². The van der Waals surface area contributed by atoms with Gasteiger partial charge in [-0.05, 0) is 51.0 Å². The fraction of sp³-hybridized carbons (Fsp3) is 0.938. The number of hydrogen-bond acceptors (Lipinski definition) is 2. The fourth-order valence-corrected chi connectivity index (χ4v) is 2.89. The Morgan fingerprint density at radius 3 is 2.42 bits per heavy atom. The molecule has 0 spiro atoms. The van der Waals surface area contributed by atoms with Crippen molar-refractivity contribution < 1.29 is 4.79 Å². The Morgan fingerprint density at radius 1 is 1.26 bits per heavy atom. The van der Waals surface area contributed by atoms with E-state index in [-0.39, 0.29) is 17.9 Å². The first-order chi connectivity index (χ1) is 9.08. The van der Waals surface area contributed by atoms with Crippen LogP contribution in [0.15, 0.2) is 0 Å². The molecule has 0 radical (unpaired) electrons. The summed E-state index contributed by atoms with van der Waals surface area (Å²) in [4.78, 5) is 12.2. The second kappa shape index (κ2) is 8.57. The summed E-state index contributed by atoms with van der Waals surface area (Å²) in [7, 11) is 0. The summed E-state index contributed by atoms with van der Waals surface area (Å²) < 4.78 is 0. The molecule has 0 aliphatic heterocycles. The van der Waals surface area contributed by atoms with E-state index >= 15 is 0 Å². The summed E-state index contributed by atoms with van der Waals surface area (Å²) >= 11 is 0. The lowest BCUT2D eigenvalue weighted by atomic mass is 9.79. The van der Waals surface area contributed by atoms with Gasteiger partial charge >= 0.3 is 0 Å². The second-order valence-electron chi connectivity index (χ2n) is 6.37. The predicted octanol–water partition coefficient (Wildman–Crippen LogP) is 3.08. The van der Waals surface area contributed by atoms with Crippen molar-refractivity contribution in [2.24, 2.45) is 23.5 Å². The van der Waals surface area contributed by atoms with Gasteiger partial charge in [0, 0.05) is 12.0 Å². The van der Waals surface area contributed by atoms with Crippen molar-refractivity contribution in [3.8, 4) is 0 Å². The molecular formula is C16H32N2O. The molecular weight excluding hydrogens is 236 g/mol. The minimum absolute atomic E-state index is 0.190. The highest BCUT2D eigenvalue weighted by Gasteiger charge is 2.27. The predicted molar refractivity (Wildman–Crippen MR) is 80.8 cm³/mol. The topological polar surface area (TPSA) is 55.1 Å². The maximum Gasteiger partial charge on any atom is 0.223 e. The van der Waals surface area contributed by atoms with E-state index < -0.39 is 0 Å². The van der Waals surface area contributed by atoms with Gasteiger partial charge in [0.1, 0.15) is 0 Å². The number of rotatable bonds is 7. The van der Waals surface area contributed by atoms with Crippen LogP contribution in [0.5, 0.6) is 0 Å². The normalized spacial score (nSPS) is 26.7. The quantitative estimate of drug-likeness (QED) is 0.745. The number of nitrogens with one attached hydrogen (secondary N) is 1. The molecule has 0 heterocycles. The number of nitrogens with two attached hydrogens (primary N) is 1. The highest BCUT2D eigenvalue weighted by molar-refractivity contribution is 5.79. The Labute approximate surface area is 118 Å². The van der Waals surface area contributed by atoms with Crippen molar-refractivity contribution in [1.82, 2.24) is 5.32 Å². The van der Waals surface area contributed by atoms with E-state index in [4.69, 9.17) is 5.73 Å². The highest BCUT2D eigenvalue weighted by Crippen LogP contribution is 2.32. The van der Waals surface area contributed by atoms with E-state index in [2.05, 4.69) is 26.1 Å². The number of carbonyl (C=O) groups excluding carboxylic acids is 1. The van der Waals surface area contributed by atoms with E-state index in [1.807, 2.05) is 0 Å². The molecule has 3 N–H and O–H groups in total. The molecule has 1 rings (SSSR count). The molecule has 2 atom stereocenters. The van der Waals surface area contributed by atoms with Gasteiger partial charge in [-0.3, -0.25) is 4.79 Å². The number of unbranched alkanes of at least 4 members (excludes halogenated alkanes) is 1. The SMILES string of the molecule is CCCCC1CCC(C(=O)NC(C)C(C)CN)CC1. The van der Waals surface area contributed by atoms with Crippen LogP contribution in [0.4, 0.5) is 0 Å². The lowest BCUT2D eigenvalue weighted by Gasteiger charge is -2.29. The van der Waals surface area contributed by atoms with Crippen LogP contribution < -0.4 is 11.1 Å². The molecule has 0 aromatic heterocycles. The molecule has 1 amide bonds. The van der Waals surface area contributed by atoms with Crippen LogP contribution in [0.1, 0.15) is 65.7 Å². The van der Waals surface area contributed by atoms with E-state index in [0.717, 1.165) is 18.8 Å². The first kappa shape index (κ1) is 16.5. The summed E-state index contributed by atoms with van der Waals surface area (Å²) in [5.41, 5.74) is 5.64. The number of carbonyl (C=O) groups is 1. The summed E-state index contributed by atoms with van der Waals surface area (Å²) in [6.45, 7) is 7.03. The molecule has 0 aromatic carbocycles. The minimum Gasteiger partial charge on any atom is -0.353 e. The number of amides is 1. The molecule has 1 fully saturated rings. The van der Waals surface area contributed by atoms with E-state index in [9.17, 15) is 4.79 Å². The first-order valence-electron chi connectivity index (χ1n) is 8.08. The van der Waals surface area contributed by atoms with Crippen molar-refractivity contribution in [3.63, 3.8) is 0 Å². The fourth-order valence-electron chi connectivity index (χ4n) is 2.89. The van der Waals surface area contributed by atoms with Gasteiger partial charge in [0.25, 0.3) is 0 Å². The summed E-state index contributed by atoms with van der Waals surface area (Å²) in [5, 5.41) is 3.14. The zero-order valence-electron chi connectivity index (χ0n) is 13.0. The van der Waals surface area contributed by atoms with Gasteiger partial charge in [0.05, 0.1) is 0 Å². The van der Waals surface area contributed by atoms with Crippen LogP contribution in [0, 0.1) is 17.8 Å². The van der Waals surface area contributed by atoms with Gasteiger partial charge in [0.15, 0.2) is 0 Å². The second-order valence-corrected chi connectivity index (χ2v) is 6.37. The third-order valence-corrected chi connectivity index (χ3v) is 4.78. The van der Waals surface area contributed by atoms with Crippen LogP contribution >= 0.6 is 0 Å². The van der Waals surface area contributed by atoms with Gasteiger partial charge in [-0.15, -0.1) is 0 Å². The van der Waals surface area contributed by atoms with Gasteiger partial charge in [-0.2, -0.15) is 0 Å². The Balaban J connectivity index is 2.28. The average Bonchev–Trinajstić information content (AvgIpc) is 2.44. The first-order valence-corrected chi connectivity index (χ1v) is 8.08. The maximum absolute atomic E-state index is 12.2. The molecule has 0 bridgehead atoms. The smallest absolute Gasteiger partial charge is 0.223 e. The Hall–Kier alpha value is -0.570. The van der Waals surface area contributed by atoms with Crippen LogP contribution in [-0.4, -0.2) is 18.5 Å². The number of hydrogen-bond donors (Lipinski definition) is 2. The Bertz CT molecular complexity index is 259. The molecule has 1 aliphatic carbocycles. The van der Waals surface area contributed by atoms with Gasteiger partial charge < -0.3 is 11.1 Å². The zero-order chi connectivity index (χ0) is 14.3. The molecule has 2 unspecified atom stereocenters. The zero-order valence-corrected chi connectivity index (χ0v) is 13.0. The average molecular weight is 268 g/mol. The van der Waals surface area contributed by atoms with E-state index in [1.165, 1.54) is 32.1 Å². The third kappa shape index (κ3) is 5.52. The molecule has 1 saturated carbocycles. The van der Waals surface area contributed by atoms with Crippen molar-refractivity contribution >= 4 is 5.91 Å². The Kier molecular flexibility index (Phi) is 7.44. The van der Waals surface area contributed by atoms with Crippen molar-refractivity contribution in [2.75, 3.05) is 6.54 Å². The molecule has 19 heavy (non-hydrogen) atoms. The van der Waals surface area contributed by atoms with Gasteiger partial charge in [-0.25, -0.2) is 0 Å². The highest BCUT2D eigenvalue weighted by atomic mass is 16.1. The minimum atomic E-state index is 0.190. The van der Waals surface area contributed by atoms with Crippen molar-refractivity contribution in [2.45, 2.75) is 71.8 Å². The lowest BCUT2D eigenvalue weighted by Crippen LogP contribution is -2.43. The van der Waals surface area contributed by atoms with E-state index in [1.54, 1.807) is 0 Å². The lowest BCUT2D eigenvalue weighted by molar-refractivity contribution is -0.127. The summed E-state index contributed by atoms with van der Waals surface area (Å²) in [6.07, 6.45) is 8.60. The standard InChI is InChI=1S/C16H32N2O/c1-4-5-6-14-7-9-15(10-8-14)16(19)18-13(3)12(2)11-17/h12-15H,4-11,17H2,1-3H3,(H,18,19). The summed E-state index contributed by atoms with van der Waals surface area (Å²) in [5.74, 6) is 1.71. The summed E-state index contributed by atoms with van der Waals surface area (Å²) in [6, 6.07) is 0.190. The van der Waals surface area contributed by atoms with Crippen molar-refractivity contribution in [1.29, 1.82) is 0 Å². The third-order valence-electron chi connectivity index (χ3n) is 4.78. The van der Waals surface area contributed by atoms with Crippen molar-refractivity contribution in [3.05, 3.63) is 0 Å². The molecule has 1 aliphatic rings. The van der Waals surface area contributed by atoms with Crippen LogP contribution in [0.25, 0.3) is 0 Å². The molecule has 3 heteroatoms. The largest absolute Gasteiger partial charge is 0.353 e. The van der Waals surface area contributed by atoms with Crippen LogP contribution in [-0.2, 0) is 4.79 Å². The molecule has 0 aromatic rings.